The highest BCUT2D eigenvalue weighted by molar-refractivity contribution is 5.98. The molecule has 2 aromatic rings. The van der Waals surface area contributed by atoms with Gasteiger partial charge in [-0.05, 0) is 33.1 Å². The first-order chi connectivity index (χ1) is 12.1. The third-order valence-corrected chi connectivity index (χ3v) is 4.56. The number of nitrogens with zero attached hydrogens (tertiary/aromatic N) is 2. The van der Waals surface area contributed by atoms with E-state index in [2.05, 4.69) is 5.16 Å². The molecule has 1 fully saturated rings. The first-order valence-electron chi connectivity index (χ1n) is 8.56. The second kappa shape index (κ2) is 7.51. The Morgan fingerprint density at radius 3 is 2.76 bits per heavy atom. The number of aromatic nitrogens is 1. The predicted octanol–water partition coefficient (Wildman–Crippen LogP) is 3.21. The van der Waals surface area contributed by atoms with E-state index in [1.165, 1.54) is 0 Å². The average Bonchev–Trinajstić information content (AvgIpc) is 3.02. The van der Waals surface area contributed by atoms with Crippen LogP contribution in [0.4, 0.5) is 0 Å². The monoisotopic (exact) mass is 342 g/mol. The minimum absolute atomic E-state index is 0.157. The Bertz CT molecular complexity index is 754. The summed E-state index contributed by atoms with van der Waals surface area (Å²) >= 11 is 0. The van der Waals surface area contributed by atoms with Crippen LogP contribution in [0.2, 0.25) is 0 Å². The minimum Gasteiger partial charge on any atom is -0.452 e. The zero-order valence-electron chi connectivity index (χ0n) is 14.5. The van der Waals surface area contributed by atoms with Gasteiger partial charge in [0.25, 0.3) is 5.91 Å². The van der Waals surface area contributed by atoms with Crippen molar-refractivity contribution in [1.29, 1.82) is 0 Å². The smallest absolute Gasteiger partial charge is 0.344 e. The molecule has 3 rings (SSSR count). The number of hydrogen-bond donors (Lipinski definition) is 0. The first kappa shape index (κ1) is 17.2. The lowest BCUT2D eigenvalue weighted by molar-refractivity contribution is -0.137. The fraction of sp³-hybridized carbons (Fsp3) is 0.421. The van der Waals surface area contributed by atoms with E-state index in [0.29, 0.717) is 11.5 Å². The highest BCUT2D eigenvalue weighted by atomic mass is 16.5. The van der Waals surface area contributed by atoms with Gasteiger partial charge < -0.3 is 14.2 Å². The Labute approximate surface area is 146 Å². The van der Waals surface area contributed by atoms with Crippen LogP contribution < -0.4 is 0 Å². The van der Waals surface area contributed by atoms with Crippen molar-refractivity contribution >= 4 is 11.9 Å². The van der Waals surface area contributed by atoms with Crippen LogP contribution in [0, 0.1) is 6.92 Å². The van der Waals surface area contributed by atoms with Gasteiger partial charge in [0.2, 0.25) is 0 Å². The third kappa shape index (κ3) is 3.73. The lowest BCUT2D eigenvalue weighted by Gasteiger charge is -2.33. The molecule has 0 bridgehead atoms. The molecule has 6 nitrogen and oxygen atoms in total. The SMILES string of the molecule is Cc1onc(-c2ccccc2)c1C(=O)OCC(=O)N1CCCC[C@H]1C. The number of carbonyl (C=O) groups is 2. The number of benzene rings is 1. The predicted molar refractivity (Wildman–Crippen MR) is 92.0 cm³/mol. The Kier molecular flexibility index (Phi) is 5.16. The molecule has 0 spiro atoms. The van der Waals surface area contributed by atoms with Crippen molar-refractivity contribution in [2.75, 3.05) is 13.2 Å². The van der Waals surface area contributed by atoms with Crippen LogP contribution in [-0.4, -0.2) is 41.1 Å². The van der Waals surface area contributed by atoms with Crippen LogP contribution >= 0.6 is 0 Å². The zero-order valence-corrected chi connectivity index (χ0v) is 14.5. The molecule has 1 aromatic heterocycles. The summed E-state index contributed by atoms with van der Waals surface area (Å²) in [4.78, 5) is 26.6. The normalized spacial score (nSPS) is 17.4. The second-order valence-corrected chi connectivity index (χ2v) is 6.34. The van der Waals surface area contributed by atoms with E-state index in [1.807, 2.05) is 37.3 Å². The molecule has 1 atom stereocenters. The number of aryl methyl sites for hydroxylation is 1. The van der Waals surface area contributed by atoms with Crippen molar-refractivity contribution in [2.45, 2.75) is 39.2 Å². The third-order valence-electron chi connectivity index (χ3n) is 4.56. The Hall–Kier alpha value is -2.63. The van der Waals surface area contributed by atoms with Crippen molar-refractivity contribution in [2.24, 2.45) is 0 Å². The van der Waals surface area contributed by atoms with Crippen molar-refractivity contribution in [3.05, 3.63) is 41.7 Å². The Balaban J connectivity index is 1.70. The summed E-state index contributed by atoms with van der Waals surface area (Å²) in [5.41, 5.74) is 1.47. The maximum atomic E-state index is 12.5. The van der Waals surface area contributed by atoms with Gasteiger partial charge in [-0.1, -0.05) is 35.5 Å². The fourth-order valence-corrected chi connectivity index (χ4v) is 3.16. The molecule has 0 unspecified atom stereocenters. The summed E-state index contributed by atoms with van der Waals surface area (Å²) in [7, 11) is 0. The number of ether oxygens (including phenoxy) is 1. The van der Waals surface area contributed by atoms with Crippen LogP contribution in [-0.2, 0) is 9.53 Å². The molecule has 0 N–H and O–H groups in total. The van der Waals surface area contributed by atoms with Gasteiger partial charge in [-0.25, -0.2) is 4.79 Å². The van der Waals surface area contributed by atoms with Crippen LogP contribution in [0.1, 0.15) is 42.3 Å². The number of esters is 1. The molecule has 0 saturated carbocycles. The van der Waals surface area contributed by atoms with Crippen molar-refractivity contribution in [3.63, 3.8) is 0 Å². The first-order valence-corrected chi connectivity index (χ1v) is 8.56. The van der Waals surface area contributed by atoms with E-state index in [0.717, 1.165) is 31.4 Å². The minimum atomic E-state index is -0.587. The van der Waals surface area contributed by atoms with Gasteiger partial charge >= 0.3 is 5.97 Å². The van der Waals surface area contributed by atoms with Crippen molar-refractivity contribution in [1.82, 2.24) is 10.1 Å². The molecular formula is C19H22N2O4. The molecule has 1 aromatic carbocycles. The molecule has 1 saturated heterocycles. The van der Waals surface area contributed by atoms with E-state index in [-0.39, 0.29) is 24.1 Å². The standard InChI is InChI=1S/C19H22N2O4/c1-13-8-6-7-11-21(13)16(22)12-24-19(23)17-14(2)25-20-18(17)15-9-4-3-5-10-15/h3-5,9-10,13H,6-8,11-12H2,1-2H3/t13-/m1/s1. The number of hydrogen-bond acceptors (Lipinski definition) is 5. The van der Waals surface area contributed by atoms with Gasteiger partial charge in [-0.15, -0.1) is 0 Å². The molecule has 6 heteroatoms. The van der Waals surface area contributed by atoms with Gasteiger partial charge in [0.1, 0.15) is 17.0 Å². The summed E-state index contributed by atoms with van der Waals surface area (Å²) in [6, 6.07) is 9.47. The highest BCUT2D eigenvalue weighted by Gasteiger charge is 2.27. The zero-order chi connectivity index (χ0) is 17.8. The van der Waals surface area contributed by atoms with Crippen LogP contribution in [0.15, 0.2) is 34.9 Å². The average molecular weight is 342 g/mol. The van der Waals surface area contributed by atoms with E-state index in [9.17, 15) is 9.59 Å². The topological polar surface area (TPSA) is 72.6 Å². The molecule has 0 aliphatic carbocycles. The van der Waals surface area contributed by atoms with E-state index in [4.69, 9.17) is 9.26 Å². The molecule has 0 radical (unpaired) electrons. The van der Waals surface area contributed by atoms with Gasteiger partial charge in [0.05, 0.1) is 0 Å². The molecule has 132 valence electrons. The second-order valence-electron chi connectivity index (χ2n) is 6.34. The molecule has 25 heavy (non-hydrogen) atoms. The number of likely N-dealkylation sites (tertiary alicyclic amines) is 1. The van der Waals surface area contributed by atoms with Crippen LogP contribution in [0.3, 0.4) is 0 Å². The van der Waals surface area contributed by atoms with Crippen LogP contribution in [0.5, 0.6) is 0 Å². The quantitative estimate of drug-likeness (QED) is 0.798. The van der Waals surface area contributed by atoms with Gasteiger partial charge in [-0.2, -0.15) is 0 Å². The van der Waals surface area contributed by atoms with Crippen molar-refractivity contribution < 1.29 is 18.8 Å². The highest BCUT2D eigenvalue weighted by Crippen LogP contribution is 2.25. The maximum Gasteiger partial charge on any atom is 0.344 e. The number of amides is 1. The summed E-state index contributed by atoms with van der Waals surface area (Å²) in [5.74, 6) is -0.367. The molecular weight excluding hydrogens is 320 g/mol. The van der Waals surface area contributed by atoms with E-state index >= 15 is 0 Å². The number of rotatable bonds is 4. The van der Waals surface area contributed by atoms with Gasteiger partial charge in [0.15, 0.2) is 6.61 Å². The Morgan fingerprint density at radius 2 is 2.04 bits per heavy atom. The molecule has 2 heterocycles. The number of carbonyl (C=O) groups excluding carboxylic acids is 2. The summed E-state index contributed by atoms with van der Waals surface area (Å²) in [6.07, 6.45) is 3.11. The maximum absolute atomic E-state index is 12.5. The summed E-state index contributed by atoms with van der Waals surface area (Å²) < 4.78 is 10.4. The fourth-order valence-electron chi connectivity index (χ4n) is 3.16. The Morgan fingerprint density at radius 1 is 1.28 bits per heavy atom. The molecule has 1 amide bonds. The van der Waals surface area contributed by atoms with Gasteiger partial charge in [-0.3, -0.25) is 4.79 Å². The largest absolute Gasteiger partial charge is 0.452 e. The van der Waals surface area contributed by atoms with Crippen molar-refractivity contribution in [3.8, 4) is 11.3 Å². The van der Waals surface area contributed by atoms with E-state index in [1.54, 1.807) is 11.8 Å². The van der Waals surface area contributed by atoms with Crippen LogP contribution in [0.25, 0.3) is 11.3 Å². The molecule has 1 aliphatic heterocycles. The summed E-state index contributed by atoms with van der Waals surface area (Å²) in [6.45, 7) is 4.14. The molecule has 1 aliphatic rings. The van der Waals surface area contributed by atoms with E-state index < -0.39 is 5.97 Å². The number of piperidine rings is 1. The lowest BCUT2D eigenvalue weighted by atomic mass is 10.0. The lowest BCUT2D eigenvalue weighted by Crippen LogP contribution is -2.44. The van der Waals surface area contributed by atoms with Gasteiger partial charge in [0, 0.05) is 18.2 Å². The summed E-state index contributed by atoms with van der Waals surface area (Å²) in [5, 5.41) is 3.96.